The van der Waals surface area contributed by atoms with Crippen molar-refractivity contribution in [3.63, 3.8) is 0 Å². The summed E-state index contributed by atoms with van der Waals surface area (Å²) in [6.07, 6.45) is 3.36. The molecule has 4 heteroatoms. The van der Waals surface area contributed by atoms with E-state index in [0.29, 0.717) is 5.88 Å². The summed E-state index contributed by atoms with van der Waals surface area (Å²) in [4.78, 5) is 4.00. The third-order valence-electron chi connectivity index (χ3n) is 1.82. The van der Waals surface area contributed by atoms with E-state index >= 15 is 0 Å². The van der Waals surface area contributed by atoms with Crippen molar-refractivity contribution in [1.29, 1.82) is 0 Å². The van der Waals surface area contributed by atoms with Crippen LogP contribution in [0.5, 0.6) is 5.88 Å². The van der Waals surface area contributed by atoms with Gasteiger partial charge in [0, 0.05) is 6.20 Å². The lowest BCUT2D eigenvalue weighted by atomic mass is 10.3. The topological polar surface area (TPSA) is 39.4 Å². The van der Waals surface area contributed by atoms with Crippen LogP contribution in [0.4, 0.5) is 0 Å². The molecule has 4 nitrogen and oxygen atoms in total. The molecule has 0 spiro atoms. The lowest BCUT2D eigenvalue weighted by Crippen LogP contribution is -1.96. The van der Waals surface area contributed by atoms with Gasteiger partial charge in [0.15, 0.2) is 0 Å². The Bertz CT molecular complexity index is 408. The first-order valence-electron chi connectivity index (χ1n) is 3.66. The molecule has 2 aromatic heterocycles. The van der Waals surface area contributed by atoms with E-state index in [1.807, 2.05) is 19.2 Å². The highest BCUT2D eigenvalue weighted by Gasteiger charge is 2.05. The third kappa shape index (κ3) is 0.845. The zero-order valence-electron chi connectivity index (χ0n) is 6.98. The van der Waals surface area contributed by atoms with Crippen LogP contribution >= 0.6 is 0 Å². The second-order valence-electron chi connectivity index (χ2n) is 2.56. The summed E-state index contributed by atoms with van der Waals surface area (Å²) in [5, 5.41) is 4.04. The van der Waals surface area contributed by atoms with E-state index in [4.69, 9.17) is 4.74 Å². The zero-order valence-corrected chi connectivity index (χ0v) is 6.98. The van der Waals surface area contributed by atoms with Crippen LogP contribution in [0.2, 0.25) is 0 Å². The molecule has 0 unspecified atom stereocenters. The van der Waals surface area contributed by atoms with Crippen molar-refractivity contribution in [2.45, 2.75) is 6.92 Å². The Morgan fingerprint density at radius 3 is 3.08 bits per heavy atom. The van der Waals surface area contributed by atoms with E-state index in [-0.39, 0.29) is 0 Å². The Hall–Kier alpha value is -1.58. The van der Waals surface area contributed by atoms with Crippen LogP contribution in [0.1, 0.15) is 5.56 Å². The third-order valence-corrected chi connectivity index (χ3v) is 1.82. The SMILES string of the molecule is COc1ncnn2ccc(C)c12. The average molecular weight is 163 g/mol. The summed E-state index contributed by atoms with van der Waals surface area (Å²) < 4.78 is 6.85. The van der Waals surface area contributed by atoms with Crippen molar-refractivity contribution < 1.29 is 4.74 Å². The number of aryl methyl sites for hydroxylation is 1. The molecule has 0 amide bonds. The Labute approximate surface area is 69.8 Å². The fraction of sp³-hybridized carbons (Fsp3) is 0.250. The van der Waals surface area contributed by atoms with Crippen LogP contribution in [-0.4, -0.2) is 21.7 Å². The highest BCUT2D eigenvalue weighted by molar-refractivity contribution is 5.61. The normalized spacial score (nSPS) is 10.5. The van der Waals surface area contributed by atoms with Gasteiger partial charge in [-0.1, -0.05) is 0 Å². The Morgan fingerprint density at radius 1 is 1.50 bits per heavy atom. The van der Waals surface area contributed by atoms with Crippen molar-refractivity contribution in [1.82, 2.24) is 14.6 Å². The molecular formula is C8H9N3O. The maximum absolute atomic E-state index is 5.09. The summed E-state index contributed by atoms with van der Waals surface area (Å²) in [6, 6.07) is 1.98. The van der Waals surface area contributed by atoms with Crippen LogP contribution in [0.15, 0.2) is 18.6 Å². The van der Waals surface area contributed by atoms with Crippen LogP contribution in [0.3, 0.4) is 0 Å². The Morgan fingerprint density at radius 2 is 2.33 bits per heavy atom. The highest BCUT2D eigenvalue weighted by Crippen LogP contribution is 2.18. The van der Waals surface area contributed by atoms with Crippen LogP contribution in [-0.2, 0) is 0 Å². The van der Waals surface area contributed by atoms with Crippen molar-refractivity contribution in [3.05, 3.63) is 24.2 Å². The van der Waals surface area contributed by atoms with E-state index in [0.717, 1.165) is 11.1 Å². The molecule has 0 fully saturated rings. The van der Waals surface area contributed by atoms with Gasteiger partial charge in [0.1, 0.15) is 11.8 Å². The van der Waals surface area contributed by atoms with Gasteiger partial charge in [-0.15, -0.1) is 0 Å². The number of fused-ring (bicyclic) bond motifs is 1. The number of aromatic nitrogens is 3. The van der Waals surface area contributed by atoms with Gasteiger partial charge in [0.2, 0.25) is 5.88 Å². The second kappa shape index (κ2) is 2.48. The fourth-order valence-electron chi connectivity index (χ4n) is 1.22. The standard InChI is InChI=1S/C8H9N3O/c1-6-3-4-11-7(6)8(12-2)9-5-10-11/h3-5H,1-2H3. The molecule has 0 aliphatic carbocycles. The van der Waals surface area contributed by atoms with Gasteiger partial charge in [-0.05, 0) is 18.6 Å². The molecule has 2 aromatic rings. The first kappa shape index (κ1) is 7.09. The van der Waals surface area contributed by atoms with Gasteiger partial charge in [0.25, 0.3) is 0 Å². The molecule has 0 aliphatic heterocycles. The monoisotopic (exact) mass is 163 g/mol. The Kier molecular flexibility index (Phi) is 1.46. The summed E-state index contributed by atoms with van der Waals surface area (Å²) in [6.45, 7) is 2.00. The van der Waals surface area contributed by atoms with Crippen LogP contribution < -0.4 is 4.74 Å². The molecule has 0 saturated carbocycles. The number of rotatable bonds is 1. The minimum absolute atomic E-state index is 0.618. The summed E-state index contributed by atoms with van der Waals surface area (Å²) in [5.41, 5.74) is 2.05. The average Bonchev–Trinajstić information content (AvgIpc) is 2.48. The number of methoxy groups -OCH3 is 1. The molecule has 0 N–H and O–H groups in total. The van der Waals surface area contributed by atoms with Gasteiger partial charge < -0.3 is 4.74 Å². The molecule has 0 saturated heterocycles. The van der Waals surface area contributed by atoms with Gasteiger partial charge >= 0.3 is 0 Å². The largest absolute Gasteiger partial charge is 0.479 e. The van der Waals surface area contributed by atoms with E-state index in [1.54, 1.807) is 11.6 Å². The summed E-state index contributed by atoms with van der Waals surface area (Å²) in [5.74, 6) is 0.618. The van der Waals surface area contributed by atoms with Gasteiger partial charge in [-0.2, -0.15) is 10.1 Å². The summed E-state index contributed by atoms with van der Waals surface area (Å²) >= 11 is 0. The maximum atomic E-state index is 5.09. The smallest absolute Gasteiger partial charge is 0.241 e. The molecule has 62 valence electrons. The van der Waals surface area contributed by atoms with E-state index in [2.05, 4.69) is 10.1 Å². The molecule has 2 heterocycles. The maximum Gasteiger partial charge on any atom is 0.241 e. The van der Waals surface area contributed by atoms with Crippen molar-refractivity contribution in [3.8, 4) is 5.88 Å². The van der Waals surface area contributed by atoms with E-state index in [1.165, 1.54) is 6.33 Å². The number of ether oxygens (including phenoxy) is 1. The second-order valence-corrected chi connectivity index (χ2v) is 2.56. The quantitative estimate of drug-likeness (QED) is 0.630. The van der Waals surface area contributed by atoms with Crippen LogP contribution in [0.25, 0.3) is 5.52 Å². The van der Waals surface area contributed by atoms with Gasteiger partial charge in [-0.25, -0.2) is 4.52 Å². The minimum Gasteiger partial charge on any atom is -0.479 e. The van der Waals surface area contributed by atoms with Gasteiger partial charge in [0.05, 0.1) is 7.11 Å². The lowest BCUT2D eigenvalue weighted by Gasteiger charge is -2.00. The van der Waals surface area contributed by atoms with E-state index in [9.17, 15) is 0 Å². The number of nitrogens with zero attached hydrogens (tertiary/aromatic N) is 3. The molecular weight excluding hydrogens is 154 g/mol. The van der Waals surface area contributed by atoms with Crippen LogP contribution in [0, 0.1) is 6.92 Å². The van der Waals surface area contributed by atoms with Crippen molar-refractivity contribution in [2.75, 3.05) is 7.11 Å². The minimum atomic E-state index is 0.618. The zero-order chi connectivity index (χ0) is 8.55. The number of hydrogen-bond donors (Lipinski definition) is 0. The predicted octanol–water partition coefficient (Wildman–Crippen LogP) is 1.05. The lowest BCUT2D eigenvalue weighted by molar-refractivity contribution is 0.398. The molecule has 12 heavy (non-hydrogen) atoms. The van der Waals surface area contributed by atoms with Crippen molar-refractivity contribution >= 4 is 5.52 Å². The molecule has 0 atom stereocenters. The van der Waals surface area contributed by atoms with Crippen molar-refractivity contribution in [2.24, 2.45) is 0 Å². The molecule has 0 aliphatic rings. The molecule has 0 radical (unpaired) electrons. The highest BCUT2D eigenvalue weighted by atomic mass is 16.5. The molecule has 0 bridgehead atoms. The predicted molar refractivity (Wildman–Crippen MR) is 44.3 cm³/mol. The first-order valence-corrected chi connectivity index (χ1v) is 3.66. The molecule has 2 rings (SSSR count). The van der Waals surface area contributed by atoms with Gasteiger partial charge in [-0.3, -0.25) is 0 Å². The van der Waals surface area contributed by atoms with E-state index < -0.39 is 0 Å². The molecule has 0 aromatic carbocycles. The number of hydrogen-bond acceptors (Lipinski definition) is 3. The summed E-state index contributed by atoms with van der Waals surface area (Å²) in [7, 11) is 1.61. The first-order chi connectivity index (χ1) is 5.83. The fourth-order valence-corrected chi connectivity index (χ4v) is 1.22. The Balaban J connectivity index is 2.84.